The highest BCUT2D eigenvalue weighted by atomic mass is 32.1. The second-order valence-corrected chi connectivity index (χ2v) is 6.33. The molecule has 0 spiro atoms. The Morgan fingerprint density at radius 1 is 1.05 bits per heavy atom. The van der Waals surface area contributed by atoms with Gasteiger partial charge in [-0.3, -0.25) is 4.90 Å². The highest BCUT2D eigenvalue weighted by Crippen LogP contribution is 2.25. The van der Waals surface area contributed by atoms with Crippen molar-refractivity contribution in [2.75, 3.05) is 12.8 Å². The maximum Gasteiger partial charge on any atom is 0.127 e. The molecular weight excluding hydrogens is 292 g/mol. The van der Waals surface area contributed by atoms with Crippen LogP contribution in [0.5, 0.6) is 0 Å². The van der Waals surface area contributed by atoms with Gasteiger partial charge in [-0.2, -0.15) is 0 Å². The number of nitrogens with zero attached hydrogens (tertiary/aromatic N) is 3. The van der Waals surface area contributed by atoms with Crippen molar-refractivity contribution in [2.45, 2.75) is 13.1 Å². The molecule has 2 heterocycles. The zero-order chi connectivity index (χ0) is 15.4. The molecule has 0 aliphatic carbocycles. The van der Waals surface area contributed by atoms with Crippen LogP contribution in [0.4, 0.5) is 5.82 Å². The van der Waals surface area contributed by atoms with Crippen LogP contribution in [0.15, 0.2) is 54.9 Å². The van der Waals surface area contributed by atoms with E-state index in [0.717, 1.165) is 29.2 Å². The molecule has 0 saturated heterocycles. The minimum Gasteiger partial charge on any atom is -0.383 e. The van der Waals surface area contributed by atoms with Crippen molar-refractivity contribution in [3.63, 3.8) is 0 Å². The second kappa shape index (κ2) is 6.68. The molecule has 0 aliphatic heterocycles. The van der Waals surface area contributed by atoms with Crippen molar-refractivity contribution in [3.05, 3.63) is 65.3 Å². The van der Waals surface area contributed by atoms with Gasteiger partial charge in [0.15, 0.2) is 0 Å². The smallest absolute Gasteiger partial charge is 0.127 e. The van der Waals surface area contributed by atoms with Gasteiger partial charge in [0.25, 0.3) is 0 Å². The predicted molar refractivity (Wildman–Crippen MR) is 91.4 cm³/mol. The number of thiazole rings is 1. The van der Waals surface area contributed by atoms with Gasteiger partial charge in [-0.25, -0.2) is 9.97 Å². The van der Waals surface area contributed by atoms with E-state index in [0.29, 0.717) is 5.82 Å². The van der Waals surface area contributed by atoms with E-state index in [4.69, 9.17) is 5.73 Å². The number of nitrogen functional groups attached to an aromatic ring is 1. The van der Waals surface area contributed by atoms with Crippen molar-refractivity contribution in [1.29, 1.82) is 0 Å². The first-order valence-electron chi connectivity index (χ1n) is 7.10. The molecule has 0 amide bonds. The zero-order valence-electron chi connectivity index (χ0n) is 12.4. The van der Waals surface area contributed by atoms with Crippen molar-refractivity contribution in [3.8, 4) is 10.6 Å². The largest absolute Gasteiger partial charge is 0.383 e. The summed E-state index contributed by atoms with van der Waals surface area (Å²) in [7, 11) is 2.08. The molecule has 2 aromatic heterocycles. The van der Waals surface area contributed by atoms with Gasteiger partial charge < -0.3 is 5.73 Å². The summed E-state index contributed by atoms with van der Waals surface area (Å²) in [5.41, 5.74) is 8.11. The van der Waals surface area contributed by atoms with Gasteiger partial charge in [-0.1, -0.05) is 36.4 Å². The van der Waals surface area contributed by atoms with Crippen molar-refractivity contribution < 1.29 is 0 Å². The summed E-state index contributed by atoms with van der Waals surface area (Å²) in [5.74, 6) is 0.601. The van der Waals surface area contributed by atoms with Gasteiger partial charge in [-0.15, -0.1) is 11.3 Å². The van der Waals surface area contributed by atoms with Crippen LogP contribution in [0.2, 0.25) is 0 Å². The lowest BCUT2D eigenvalue weighted by Gasteiger charge is -2.16. The third-order valence-electron chi connectivity index (χ3n) is 3.37. The standard InChI is InChI=1S/C17H18N4S/c1-21(11-14-8-5-9-19-16(14)18)12-15-10-20-17(22-15)13-6-3-2-4-7-13/h2-10H,11-12H2,1H3,(H2,18,19). The van der Waals surface area contributed by atoms with Gasteiger partial charge in [-0.05, 0) is 13.1 Å². The molecule has 0 unspecified atom stereocenters. The maximum absolute atomic E-state index is 5.89. The first-order chi connectivity index (χ1) is 10.7. The molecule has 5 heteroatoms. The number of aromatic nitrogens is 2. The topological polar surface area (TPSA) is 55.0 Å². The van der Waals surface area contributed by atoms with Crippen molar-refractivity contribution >= 4 is 17.2 Å². The van der Waals surface area contributed by atoms with E-state index >= 15 is 0 Å². The molecule has 112 valence electrons. The lowest BCUT2D eigenvalue weighted by molar-refractivity contribution is 0.322. The number of rotatable bonds is 5. The van der Waals surface area contributed by atoms with Gasteiger partial charge in [0.05, 0.1) is 0 Å². The highest BCUT2D eigenvalue weighted by molar-refractivity contribution is 7.15. The molecule has 1 aromatic carbocycles. The summed E-state index contributed by atoms with van der Waals surface area (Å²) in [6.45, 7) is 1.62. The molecule has 3 rings (SSSR count). The van der Waals surface area contributed by atoms with Gasteiger partial charge in [0.1, 0.15) is 10.8 Å². The Morgan fingerprint density at radius 3 is 2.64 bits per heavy atom. The third-order valence-corrected chi connectivity index (χ3v) is 4.40. The van der Waals surface area contributed by atoms with E-state index in [1.165, 1.54) is 4.88 Å². The fourth-order valence-corrected chi connectivity index (χ4v) is 3.29. The molecule has 0 bridgehead atoms. The van der Waals surface area contributed by atoms with Gasteiger partial charge in [0.2, 0.25) is 0 Å². The molecule has 2 N–H and O–H groups in total. The Balaban J connectivity index is 1.66. The third kappa shape index (κ3) is 3.50. The van der Waals surface area contributed by atoms with Crippen LogP contribution in [0, 0.1) is 0 Å². The minimum atomic E-state index is 0.601. The quantitative estimate of drug-likeness (QED) is 0.784. The molecule has 0 fully saturated rings. The number of pyridine rings is 1. The summed E-state index contributed by atoms with van der Waals surface area (Å²) in [6.07, 6.45) is 3.67. The Kier molecular flexibility index (Phi) is 4.46. The van der Waals surface area contributed by atoms with Crippen molar-refractivity contribution in [2.24, 2.45) is 0 Å². The molecule has 0 radical (unpaired) electrons. The Bertz CT molecular complexity index is 739. The van der Waals surface area contributed by atoms with E-state index in [1.807, 2.05) is 36.5 Å². The molecule has 0 saturated carbocycles. The molecule has 4 nitrogen and oxygen atoms in total. The average molecular weight is 310 g/mol. The molecule has 0 aliphatic rings. The monoisotopic (exact) mass is 310 g/mol. The van der Waals surface area contributed by atoms with Crippen LogP contribution in [-0.4, -0.2) is 21.9 Å². The fraction of sp³-hybridized carbons (Fsp3) is 0.176. The summed E-state index contributed by atoms with van der Waals surface area (Å²) in [4.78, 5) is 12.1. The Labute approximate surface area is 134 Å². The highest BCUT2D eigenvalue weighted by Gasteiger charge is 2.08. The Hall–Kier alpha value is -2.24. The average Bonchev–Trinajstić information content (AvgIpc) is 2.99. The van der Waals surface area contributed by atoms with E-state index in [-0.39, 0.29) is 0 Å². The van der Waals surface area contributed by atoms with Crippen LogP contribution in [-0.2, 0) is 13.1 Å². The van der Waals surface area contributed by atoms with Gasteiger partial charge in [0, 0.05) is 41.5 Å². The predicted octanol–water partition coefficient (Wildman–Crippen LogP) is 3.42. The van der Waals surface area contributed by atoms with Crippen LogP contribution in [0.25, 0.3) is 10.6 Å². The first kappa shape index (κ1) is 14.7. The van der Waals surface area contributed by atoms with Crippen LogP contribution in [0.3, 0.4) is 0 Å². The summed E-state index contributed by atoms with van der Waals surface area (Å²) >= 11 is 1.73. The second-order valence-electron chi connectivity index (χ2n) is 5.22. The van der Waals surface area contributed by atoms with Crippen LogP contribution < -0.4 is 5.73 Å². The SMILES string of the molecule is CN(Cc1cnc(-c2ccccc2)s1)Cc1cccnc1N. The van der Waals surface area contributed by atoms with E-state index in [2.05, 4.69) is 34.0 Å². The Morgan fingerprint density at radius 2 is 1.86 bits per heavy atom. The van der Waals surface area contributed by atoms with E-state index in [1.54, 1.807) is 17.5 Å². The minimum absolute atomic E-state index is 0.601. The number of hydrogen-bond acceptors (Lipinski definition) is 5. The van der Waals surface area contributed by atoms with Gasteiger partial charge >= 0.3 is 0 Å². The lowest BCUT2D eigenvalue weighted by atomic mass is 10.2. The van der Waals surface area contributed by atoms with E-state index in [9.17, 15) is 0 Å². The number of hydrogen-bond donors (Lipinski definition) is 1. The number of nitrogens with two attached hydrogens (primary N) is 1. The van der Waals surface area contributed by atoms with Crippen LogP contribution >= 0.6 is 11.3 Å². The summed E-state index contributed by atoms with van der Waals surface area (Å²) in [6, 6.07) is 14.2. The fourth-order valence-electron chi connectivity index (χ4n) is 2.29. The van der Waals surface area contributed by atoms with Crippen LogP contribution in [0.1, 0.15) is 10.4 Å². The summed E-state index contributed by atoms with van der Waals surface area (Å²) < 4.78 is 0. The molecule has 22 heavy (non-hydrogen) atoms. The normalized spacial score (nSPS) is 11.0. The summed E-state index contributed by atoms with van der Waals surface area (Å²) in [5, 5.41) is 1.06. The molecule has 0 atom stereocenters. The number of anilines is 1. The molecular formula is C17H18N4S. The number of benzene rings is 1. The lowest BCUT2D eigenvalue weighted by Crippen LogP contribution is -2.17. The van der Waals surface area contributed by atoms with Crippen molar-refractivity contribution in [1.82, 2.24) is 14.9 Å². The first-order valence-corrected chi connectivity index (χ1v) is 7.92. The van der Waals surface area contributed by atoms with E-state index < -0.39 is 0 Å². The maximum atomic E-state index is 5.89. The zero-order valence-corrected chi connectivity index (χ0v) is 13.3. The molecule has 3 aromatic rings.